The van der Waals surface area contributed by atoms with Gasteiger partial charge < -0.3 is 16.4 Å². The third kappa shape index (κ3) is 3.99. The first-order chi connectivity index (χ1) is 15.5. The average molecular weight is 497 g/mol. The number of nitrogens with two attached hydrogens (primary N) is 1. The van der Waals surface area contributed by atoms with Crippen LogP contribution in [0.4, 0.5) is 5.00 Å². The molecule has 4 N–H and O–H groups in total. The lowest BCUT2D eigenvalue weighted by Crippen LogP contribution is -2.55. The Labute approximate surface area is 203 Å². The van der Waals surface area contributed by atoms with Gasteiger partial charge in [0, 0.05) is 16.0 Å². The Hall–Kier alpha value is -2.59. The van der Waals surface area contributed by atoms with E-state index in [9.17, 15) is 9.59 Å². The van der Waals surface area contributed by atoms with Crippen molar-refractivity contribution in [2.45, 2.75) is 45.2 Å². The molecule has 6 nitrogen and oxygen atoms in total. The number of nitrogens with zero attached hydrogens (tertiary/aromatic N) is 1. The molecule has 0 fully saturated rings. The Morgan fingerprint density at radius 1 is 1.06 bits per heavy atom. The number of carbonyl (C=O) groups excluding carboxylic acids is 2. The standard InChI is InChI=1S/C24H24N4O2S3/c1-23(2)11-12-17(19(25)29)22(33-18(12)24(3,4)28-23)27-20(30)15-9-10-16(31-15)21-26-13-7-5-6-8-14(13)32-21/h5-10,28H,11H2,1-4H3,(H2,25,29)(H,27,30). The van der Waals surface area contributed by atoms with E-state index in [0.717, 1.165) is 30.5 Å². The van der Waals surface area contributed by atoms with Crippen molar-refractivity contribution in [2.24, 2.45) is 5.73 Å². The molecule has 0 spiro atoms. The molecule has 3 aromatic heterocycles. The average Bonchev–Trinajstić information content (AvgIpc) is 3.42. The van der Waals surface area contributed by atoms with Crippen molar-refractivity contribution in [3.05, 3.63) is 57.3 Å². The van der Waals surface area contributed by atoms with Crippen molar-refractivity contribution in [1.29, 1.82) is 0 Å². The lowest BCUT2D eigenvalue weighted by atomic mass is 9.81. The number of fused-ring (bicyclic) bond motifs is 2. The second-order valence-corrected chi connectivity index (χ2v) is 12.5. The van der Waals surface area contributed by atoms with Crippen LogP contribution in [0.2, 0.25) is 0 Å². The summed E-state index contributed by atoms with van der Waals surface area (Å²) in [6, 6.07) is 11.7. The van der Waals surface area contributed by atoms with Gasteiger partial charge in [-0.3, -0.25) is 9.59 Å². The molecule has 1 aliphatic heterocycles. The highest BCUT2D eigenvalue weighted by Gasteiger charge is 2.41. The van der Waals surface area contributed by atoms with Crippen LogP contribution in [0.25, 0.3) is 20.1 Å². The molecule has 0 aliphatic carbocycles. The summed E-state index contributed by atoms with van der Waals surface area (Å²) in [4.78, 5) is 32.8. The number of primary amides is 1. The topological polar surface area (TPSA) is 97.1 Å². The third-order valence-electron chi connectivity index (χ3n) is 5.65. The van der Waals surface area contributed by atoms with Gasteiger partial charge in [-0.05, 0) is 63.9 Å². The van der Waals surface area contributed by atoms with E-state index in [-0.39, 0.29) is 17.0 Å². The zero-order valence-electron chi connectivity index (χ0n) is 18.7. The minimum absolute atomic E-state index is 0.192. The van der Waals surface area contributed by atoms with Gasteiger partial charge in [0.25, 0.3) is 11.8 Å². The summed E-state index contributed by atoms with van der Waals surface area (Å²) >= 11 is 4.42. The van der Waals surface area contributed by atoms with Gasteiger partial charge in [0.15, 0.2) is 0 Å². The minimum Gasteiger partial charge on any atom is -0.365 e. The summed E-state index contributed by atoms with van der Waals surface area (Å²) in [5.74, 6) is -0.767. The van der Waals surface area contributed by atoms with E-state index in [0.29, 0.717) is 21.9 Å². The van der Waals surface area contributed by atoms with E-state index in [1.807, 2.05) is 30.3 Å². The SMILES string of the molecule is CC1(C)Cc2c(sc(NC(=O)c3ccc(-c4nc5ccccc5s4)s3)c2C(N)=O)C(C)(C)N1. The second-order valence-electron chi connectivity index (χ2n) is 9.39. The maximum absolute atomic E-state index is 13.1. The summed E-state index contributed by atoms with van der Waals surface area (Å²) < 4.78 is 1.11. The van der Waals surface area contributed by atoms with Gasteiger partial charge in [0.2, 0.25) is 0 Å². The number of anilines is 1. The molecule has 0 unspecified atom stereocenters. The molecule has 9 heteroatoms. The Morgan fingerprint density at radius 3 is 2.55 bits per heavy atom. The molecule has 4 aromatic rings. The number of carbonyl (C=O) groups is 2. The van der Waals surface area contributed by atoms with Gasteiger partial charge in [0.1, 0.15) is 10.0 Å². The van der Waals surface area contributed by atoms with Gasteiger partial charge in [-0.1, -0.05) is 12.1 Å². The molecular formula is C24H24N4O2S3. The van der Waals surface area contributed by atoms with Crippen molar-refractivity contribution in [3.8, 4) is 9.88 Å². The monoisotopic (exact) mass is 496 g/mol. The highest BCUT2D eigenvalue weighted by Crippen LogP contribution is 2.45. The maximum Gasteiger partial charge on any atom is 0.266 e. The number of thiazole rings is 1. The van der Waals surface area contributed by atoms with Gasteiger partial charge in [-0.25, -0.2) is 4.98 Å². The Balaban J connectivity index is 1.46. The summed E-state index contributed by atoms with van der Waals surface area (Å²) in [5.41, 5.74) is 7.56. The first-order valence-corrected chi connectivity index (χ1v) is 13.0. The lowest BCUT2D eigenvalue weighted by molar-refractivity contribution is 0.0999. The lowest BCUT2D eigenvalue weighted by Gasteiger charge is -2.42. The molecule has 1 aromatic carbocycles. The van der Waals surface area contributed by atoms with E-state index in [2.05, 4.69) is 43.3 Å². The molecule has 2 amide bonds. The molecule has 0 saturated heterocycles. The molecule has 170 valence electrons. The summed E-state index contributed by atoms with van der Waals surface area (Å²) in [6.45, 7) is 8.38. The zero-order chi connectivity index (χ0) is 23.5. The van der Waals surface area contributed by atoms with E-state index < -0.39 is 5.91 Å². The second kappa shape index (κ2) is 7.73. The predicted octanol–water partition coefficient (Wildman–Crippen LogP) is 5.60. The number of para-hydroxylation sites is 1. The van der Waals surface area contributed by atoms with Crippen LogP contribution in [0.5, 0.6) is 0 Å². The van der Waals surface area contributed by atoms with E-state index >= 15 is 0 Å². The van der Waals surface area contributed by atoms with E-state index in [1.54, 1.807) is 17.4 Å². The van der Waals surface area contributed by atoms with Crippen LogP contribution >= 0.6 is 34.0 Å². The Bertz CT molecular complexity index is 1380. The number of rotatable bonds is 4. The van der Waals surface area contributed by atoms with Crippen molar-refractivity contribution < 1.29 is 9.59 Å². The van der Waals surface area contributed by atoms with Crippen LogP contribution in [-0.2, 0) is 12.0 Å². The molecule has 1 aliphatic rings. The van der Waals surface area contributed by atoms with Crippen molar-refractivity contribution in [1.82, 2.24) is 10.3 Å². The first-order valence-electron chi connectivity index (χ1n) is 10.6. The highest BCUT2D eigenvalue weighted by atomic mass is 32.1. The Morgan fingerprint density at radius 2 is 1.82 bits per heavy atom. The quantitative estimate of drug-likeness (QED) is 0.343. The first kappa shape index (κ1) is 22.2. The minimum atomic E-state index is -0.516. The number of thiophene rings is 2. The van der Waals surface area contributed by atoms with Crippen LogP contribution < -0.4 is 16.4 Å². The molecular weight excluding hydrogens is 472 g/mol. The number of benzene rings is 1. The summed E-state index contributed by atoms with van der Waals surface area (Å²) in [6.07, 6.45) is 0.664. The van der Waals surface area contributed by atoms with E-state index in [4.69, 9.17) is 5.73 Å². The van der Waals surface area contributed by atoms with Crippen LogP contribution in [0.1, 0.15) is 58.2 Å². The number of hydrogen-bond acceptors (Lipinski definition) is 7. The largest absolute Gasteiger partial charge is 0.365 e. The number of nitrogens with one attached hydrogen (secondary N) is 2. The molecule has 4 heterocycles. The molecule has 33 heavy (non-hydrogen) atoms. The van der Waals surface area contributed by atoms with Crippen molar-refractivity contribution in [2.75, 3.05) is 5.32 Å². The van der Waals surface area contributed by atoms with Crippen molar-refractivity contribution in [3.63, 3.8) is 0 Å². The number of aromatic nitrogens is 1. The number of amides is 2. The predicted molar refractivity (Wildman–Crippen MR) is 138 cm³/mol. The molecule has 0 bridgehead atoms. The fourth-order valence-corrected chi connectivity index (χ4v) is 7.79. The van der Waals surface area contributed by atoms with Crippen LogP contribution in [0.3, 0.4) is 0 Å². The normalized spacial score (nSPS) is 16.5. The smallest absolute Gasteiger partial charge is 0.266 e. The summed E-state index contributed by atoms with van der Waals surface area (Å²) in [5, 5.41) is 8.00. The fourth-order valence-electron chi connectivity index (χ4n) is 4.59. The Kier molecular flexibility index (Phi) is 5.20. The maximum atomic E-state index is 13.1. The molecule has 0 radical (unpaired) electrons. The summed E-state index contributed by atoms with van der Waals surface area (Å²) in [7, 11) is 0. The van der Waals surface area contributed by atoms with Crippen LogP contribution in [0, 0.1) is 0 Å². The van der Waals surface area contributed by atoms with Gasteiger partial charge in [-0.2, -0.15) is 0 Å². The van der Waals surface area contributed by atoms with Crippen LogP contribution in [0.15, 0.2) is 36.4 Å². The van der Waals surface area contributed by atoms with Gasteiger partial charge in [-0.15, -0.1) is 34.0 Å². The van der Waals surface area contributed by atoms with E-state index in [1.165, 1.54) is 22.7 Å². The zero-order valence-corrected chi connectivity index (χ0v) is 21.2. The van der Waals surface area contributed by atoms with Gasteiger partial charge in [0.05, 0.1) is 25.5 Å². The third-order valence-corrected chi connectivity index (χ3v) is 9.41. The fraction of sp³-hybridized carbons (Fsp3) is 0.292. The van der Waals surface area contributed by atoms with Crippen LogP contribution in [-0.4, -0.2) is 22.3 Å². The highest BCUT2D eigenvalue weighted by molar-refractivity contribution is 7.26. The molecule has 5 rings (SSSR count). The molecule has 0 atom stereocenters. The van der Waals surface area contributed by atoms with Crippen molar-refractivity contribution >= 4 is 61.0 Å². The van der Waals surface area contributed by atoms with Gasteiger partial charge >= 0.3 is 0 Å². The number of hydrogen-bond donors (Lipinski definition) is 3. The molecule has 0 saturated carbocycles.